The van der Waals surface area contributed by atoms with E-state index >= 15 is 0 Å². The topological polar surface area (TPSA) is 106 Å². The van der Waals surface area contributed by atoms with Crippen molar-refractivity contribution in [3.05, 3.63) is 108 Å². The van der Waals surface area contributed by atoms with Crippen molar-refractivity contribution < 1.29 is 23.5 Å². The highest BCUT2D eigenvalue weighted by Crippen LogP contribution is 2.36. The van der Waals surface area contributed by atoms with Crippen LogP contribution in [0.3, 0.4) is 0 Å². The van der Waals surface area contributed by atoms with Gasteiger partial charge >= 0.3 is 5.97 Å². The highest BCUT2D eigenvalue weighted by atomic mass is 16.5. The number of benzene rings is 3. The normalized spacial score (nSPS) is 11.0. The van der Waals surface area contributed by atoms with E-state index < -0.39 is 11.9 Å². The number of aromatic nitrogens is 1. The Morgan fingerprint density at radius 3 is 2.47 bits per heavy atom. The van der Waals surface area contributed by atoms with Crippen LogP contribution in [0.25, 0.3) is 22.0 Å². The number of hydrogen-bond donors (Lipinski definition) is 2. The first kappa shape index (κ1) is 22.7. The molecule has 2 heterocycles. The number of nitrogens with zero attached hydrogens (tertiary/aromatic N) is 1. The lowest BCUT2D eigenvalue weighted by atomic mass is 10.0. The largest absolute Gasteiger partial charge is 0.495 e. The van der Waals surface area contributed by atoms with Gasteiger partial charge in [0.25, 0.3) is 5.91 Å². The molecular formula is C28H21N3O5. The van der Waals surface area contributed by atoms with Crippen molar-refractivity contribution in [2.75, 3.05) is 7.11 Å². The minimum absolute atomic E-state index is 0.0812. The van der Waals surface area contributed by atoms with Gasteiger partial charge in [0.1, 0.15) is 17.2 Å². The SMILES string of the molecule is COc1cccc2c(-c3ccccc3)c(C(=O)NN=Cc3ccccc3OC(=O)c3ccco3)[nH]c12. The molecule has 178 valence electrons. The molecule has 2 aromatic heterocycles. The lowest BCUT2D eigenvalue weighted by molar-refractivity contribution is 0.0701. The lowest BCUT2D eigenvalue weighted by Gasteiger charge is -2.06. The van der Waals surface area contributed by atoms with Gasteiger partial charge in [0.2, 0.25) is 5.76 Å². The summed E-state index contributed by atoms with van der Waals surface area (Å²) in [7, 11) is 1.58. The second-order valence-electron chi connectivity index (χ2n) is 7.73. The van der Waals surface area contributed by atoms with Crippen LogP contribution in [0.1, 0.15) is 26.6 Å². The highest BCUT2D eigenvalue weighted by Gasteiger charge is 2.21. The van der Waals surface area contributed by atoms with Crippen molar-refractivity contribution in [2.24, 2.45) is 5.10 Å². The van der Waals surface area contributed by atoms with Crippen LogP contribution >= 0.6 is 0 Å². The number of hydrogen-bond acceptors (Lipinski definition) is 6. The third-order valence-corrected chi connectivity index (χ3v) is 5.52. The number of esters is 1. The fourth-order valence-electron chi connectivity index (χ4n) is 3.88. The Hall–Kier alpha value is -5.11. The molecule has 3 aromatic carbocycles. The van der Waals surface area contributed by atoms with Crippen molar-refractivity contribution in [1.82, 2.24) is 10.4 Å². The molecule has 5 rings (SSSR count). The van der Waals surface area contributed by atoms with Gasteiger partial charge in [-0.05, 0) is 35.9 Å². The smallest absolute Gasteiger partial charge is 0.379 e. The van der Waals surface area contributed by atoms with Crippen LogP contribution in [-0.2, 0) is 0 Å². The molecule has 36 heavy (non-hydrogen) atoms. The Balaban J connectivity index is 1.42. The second kappa shape index (κ2) is 10.0. The van der Waals surface area contributed by atoms with Crippen molar-refractivity contribution in [2.45, 2.75) is 0 Å². The van der Waals surface area contributed by atoms with E-state index in [1.807, 2.05) is 48.5 Å². The third kappa shape index (κ3) is 4.47. The number of furan rings is 1. The van der Waals surface area contributed by atoms with Gasteiger partial charge in [-0.3, -0.25) is 4.79 Å². The van der Waals surface area contributed by atoms with Crippen molar-refractivity contribution in [1.29, 1.82) is 0 Å². The molecule has 0 saturated heterocycles. The Labute approximate surface area is 206 Å². The van der Waals surface area contributed by atoms with Crippen LogP contribution in [0, 0.1) is 0 Å². The molecule has 0 unspecified atom stereocenters. The molecule has 0 fully saturated rings. The van der Waals surface area contributed by atoms with Gasteiger partial charge in [0.15, 0.2) is 0 Å². The minimum Gasteiger partial charge on any atom is -0.495 e. The molecule has 1 amide bonds. The van der Waals surface area contributed by atoms with Crippen molar-refractivity contribution >= 4 is 29.0 Å². The minimum atomic E-state index is -0.635. The average molecular weight is 479 g/mol. The molecule has 0 spiro atoms. The average Bonchev–Trinajstić information content (AvgIpc) is 3.59. The van der Waals surface area contributed by atoms with Gasteiger partial charge in [-0.1, -0.05) is 54.6 Å². The lowest BCUT2D eigenvalue weighted by Crippen LogP contribution is -2.19. The number of methoxy groups -OCH3 is 1. The number of carbonyl (C=O) groups excluding carboxylic acids is 2. The number of aromatic amines is 1. The highest BCUT2D eigenvalue weighted by molar-refractivity contribution is 6.11. The molecular weight excluding hydrogens is 458 g/mol. The van der Waals surface area contributed by atoms with Gasteiger partial charge in [-0.25, -0.2) is 10.2 Å². The first-order valence-corrected chi connectivity index (χ1v) is 11.1. The third-order valence-electron chi connectivity index (χ3n) is 5.52. The van der Waals surface area contributed by atoms with Crippen LogP contribution < -0.4 is 14.9 Å². The Bertz CT molecular complexity index is 1550. The van der Waals surface area contributed by atoms with Gasteiger partial charge < -0.3 is 18.9 Å². The summed E-state index contributed by atoms with van der Waals surface area (Å²) in [4.78, 5) is 28.7. The predicted molar refractivity (Wildman–Crippen MR) is 135 cm³/mol. The van der Waals surface area contributed by atoms with E-state index in [1.165, 1.54) is 18.5 Å². The van der Waals surface area contributed by atoms with Crippen LogP contribution in [0.2, 0.25) is 0 Å². The standard InChI is InChI=1S/C28H21N3O5/c1-34-22-14-7-12-20-24(18-9-3-2-4-10-18)26(30-25(20)22)27(32)31-29-17-19-11-5-6-13-21(19)36-28(33)23-15-8-16-35-23/h2-17,30H,1H3,(H,31,32). The van der Waals surface area contributed by atoms with E-state index in [1.54, 1.807) is 37.4 Å². The van der Waals surface area contributed by atoms with Crippen LogP contribution in [0.5, 0.6) is 11.5 Å². The number of fused-ring (bicyclic) bond motifs is 1. The number of para-hydroxylation sites is 2. The van der Waals surface area contributed by atoms with Crippen molar-refractivity contribution in [3.8, 4) is 22.6 Å². The summed E-state index contributed by atoms with van der Waals surface area (Å²) in [5.41, 5.74) is 5.73. The fourth-order valence-corrected chi connectivity index (χ4v) is 3.88. The van der Waals surface area contributed by atoms with Gasteiger partial charge in [0, 0.05) is 16.5 Å². The predicted octanol–water partition coefficient (Wildman–Crippen LogP) is 5.42. The summed E-state index contributed by atoms with van der Waals surface area (Å²) >= 11 is 0. The molecule has 0 radical (unpaired) electrons. The van der Waals surface area contributed by atoms with Crippen molar-refractivity contribution in [3.63, 3.8) is 0 Å². The van der Waals surface area contributed by atoms with E-state index in [-0.39, 0.29) is 11.5 Å². The van der Waals surface area contributed by atoms with E-state index in [0.717, 1.165) is 16.5 Å². The molecule has 2 N–H and O–H groups in total. The van der Waals surface area contributed by atoms with Crippen LogP contribution in [0.15, 0.2) is 101 Å². The van der Waals surface area contributed by atoms with E-state index in [9.17, 15) is 9.59 Å². The number of amides is 1. The summed E-state index contributed by atoms with van der Waals surface area (Å²) in [6.45, 7) is 0. The quantitative estimate of drug-likeness (QED) is 0.140. The molecule has 0 saturated carbocycles. The summed E-state index contributed by atoms with van der Waals surface area (Å²) in [5, 5.41) is 4.96. The second-order valence-corrected chi connectivity index (χ2v) is 7.73. The molecule has 0 aliphatic rings. The molecule has 0 aliphatic carbocycles. The zero-order valence-corrected chi connectivity index (χ0v) is 19.2. The molecule has 5 aromatic rings. The molecule has 8 heteroatoms. The number of H-pyrrole nitrogens is 1. The first-order chi connectivity index (χ1) is 17.7. The van der Waals surface area contributed by atoms with Gasteiger partial charge in [-0.15, -0.1) is 0 Å². The van der Waals surface area contributed by atoms with E-state index in [2.05, 4.69) is 15.5 Å². The zero-order valence-electron chi connectivity index (χ0n) is 19.2. The number of hydrazone groups is 1. The van der Waals surface area contributed by atoms with Crippen LogP contribution in [-0.4, -0.2) is 30.2 Å². The maximum atomic E-state index is 13.2. The number of rotatable bonds is 7. The molecule has 8 nitrogen and oxygen atoms in total. The zero-order chi connectivity index (χ0) is 24.9. The molecule has 0 atom stereocenters. The first-order valence-electron chi connectivity index (χ1n) is 11.1. The summed E-state index contributed by atoms with van der Waals surface area (Å²) in [5.74, 6) is -0.0905. The van der Waals surface area contributed by atoms with E-state index in [4.69, 9.17) is 13.9 Å². The van der Waals surface area contributed by atoms with Crippen LogP contribution in [0.4, 0.5) is 0 Å². The number of carbonyl (C=O) groups is 2. The number of nitrogens with one attached hydrogen (secondary N) is 2. The summed E-state index contributed by atoms with van der Waals surface area (Å²) in [6.07, 6.45) is 2.80. The maximum absolute atomic E-state index is 13.2. The maximum Gasteiger partial charge on any atom is 0.379 e. The monoisotopic (exact) mass is 479 g/mol. The Morgan fingerprint density at radius 2 is 1.69 bits per heavy atom. The van der Waals surface area contributed by atoms with E-state index in [0.29, 0.717) is 22.5 Å². The van der Waals surface area contributed by atoms with Gasteiger partial charge in [-0.2, -0.15) is 5.10 Å². The Morgan fingerprint density at radius 1 is 0.917 bits per heavy atom. The van der Waals surface area contributed by atoms with Gasteiger partial charge in [0.05, 0.1) is 25.1 Å². The Kier molecular flexibility index (Phi) is 6.31. The summed E-state index contributed by atoms with van der Waals surface area (Å²) in [6, 6.07) is 25.2. The summed E-state index contributed by atoms with van der Waals surface area (Å²) < 4.78 is 16.0. The fraction of sp³-hybridized carbons (Fsp3) is 0.0357. The molecule has 0 bridgehead atoms. The number of ether oxygens (including phenoxy) is 2. The molecule has 0 aliphatic heterocycles.